The Morgan fingerprint density at radius 3 is 2.61 bits per heavy atom. The maximum atomic E-state index is 12.8. The predicted octanol–water partition coefficient (Wildman–Crippen LogP) is 3.78. The quantitative estimate of drug-likeness (QED) is 0.655. The predicted molar refractivity (Wildman–Crippen MR) is 90.7 cm³/mol. The Balaban J connectivity index is 2.02. The number of Topliss-reactive ketones (excluding diaryl/α,β-unsaturated/α-hetero) is 1. The average molecular weight is 373 g/mol. The van der Waals surface area contributed by atoms with Crippen LogP contribution in [0.4, 0.5) is 5.69 Å². The van der Waals surface area contributed by atoms with Crippen LogP contribution in [0.2, 0.25) is 0 Å². The van der Waals surface area contributed by atoms with Gasteiger partial charge in [-0.25, -0.2) is 0 Å². The Hall–Kier alpha value is -2.47. The number of carbonyl (C=O) groups excluding carboxylic acids is 1. The van der Waals surface area contributed by atoms with Crippen LogP contribution in [0.1, 0.15) is 23.5 Å². The summed E-state index contributed by atoms with van der Waals surface area (Å²) < 4.78 is 0.845. The molecule has 5 nitrogen and oxygen atoms in total. The summed E-state index contributed by atoms with van der Waals surface area (Å²) in [7, 11) is 0. The highest BCUT2D eigenvalue weighted by atomic mass is 79.9. The molecule has 6 heteroatoms. The fourth-order valence-electron chi connectivity index (χ4n) is 2.92. The van der Waals surface area contributed by atoms with Crippen LogP contribution >= 0.6 is 15.9 Å². The van der Waals surface area contributed by atoms with Crippen molar-refractivity contribution in [2.45, 2.75) is 12.3 Å². The molecule has 0 bridgehead atoms. The molecule has 2 aromatic rings. The third-order valence-electron chi connectivity index (χ3n) is 3.93. The number of nitro groups is 1. The maximum absolute atomic E-state index is 12.8. The van der Waals surface area contributed by atoms with Gasteiger partial charge in [0, 0.05) is 33.8 Å². The van der Waals surface area contributed by atoms with E-state index in [0.717, 1.165) is 10.0 Å². The molecule has 0 spiro atoms. The lowest BCUT2D eigenvalue weighted by atomic mass is 9.91. The number of halogens is 1. The van der Waals surface area contributed by atoms with Crippen molar-refractivity contribution in [3.8, 4) is 0 Å². The Bertz CT molecular complexity index is 845. The van der Waals surface area contributed by atoms with Crippen molar-refractivity contribution in [1.82, 2.24) is 0 Å². The van der Waals surface area contributed by atoms with E-state index >= 15 is 0 Å². The van der Waals surface area contributed by atoms with E-state index in [-0.39, 0.29) is 11.5 Å². The number of nitrogens with two attached hydrogens (primary N) is 1. The van der Waals surface area contributed by atoms with Crippen LogP contribution in [-0.4, -0.2) is 10.7 Å². The second-order valence-corrected chi connectivity index (χ2v) is 6.26. The van der Waals surface area contributed by atoms with E-state index in [1.54, 1.807) is 18.2 Å². The van der Waals surface area contributed by atoms with E-state index in [4.69, 9.17) is 5.73 Å². The minimum Gasteiger partial charge on any atom is -0.401 e. The summed E-state index contributed by atoms with van der Waals surface area (Å²) in [6, 6.07) is 13.6. The molecule has 1 aliphatic rings. The molecule has 0 heterocycles. The highest BCUT2D eigenvalue weighted by molar-refractivity contribution is 9.10. The Morgan fingerprint density at radius 1 is 1.17 bits per heavy atom. The van der Waals surface area contributed by atoms with Gasteiger partial charge < -0.3 is 5.73 Å². The van der Waals surface area contributed by atoms with Crippen LogP contribution in [0.5, 0.6) is 0 Å². The summed E-state index contributed by atoms with van der Waals surface area (Å²) in [5.74, 6) is -0.777. The molecule has 1 aliphatic carbocycles. The number of hydrogen-bond acceptors (Lipinski definition) is 4. The molecule has 0 aromatic heterocycles. The molecule has 0 saturated heterocycles. The largest absolute Gasteiger partial charge is 0.401 e. The van der Waals surface area contributed by atoms with E-state index in [1.165, 1.54) is 6.07 Å². The molecular weight excluding hydrogens is 360 g/mol. The summed E-state index contributed by atoms with van der Waals surface area (Å²) in [5, 5.41) is 11.2. The normalized spacial score (nSPS) is 17.6. The monoisotopic (exact) mass is 372 g/mol. The van der Waals surface area contributed by atoms with Gasteiger partial charge in [0.1, 0.15) is 0 Å². The Labute approximate surface area is 141 Å². The molecule has 3 rings (SSSR count). The van der Waals surface area contributed by atoms with Crippen molar-refractivity contribution >= 4 is 33.0 Å². The lowest BCUT2D eigenvalue weighted by Crippen LogP contribution is -2.10. The number of rotatable bonds is 3. The highest BCUT2D eigenvalue weighted by Gasteiger charge is 2.37. The summed E-state index contributed by atoms with van der Waals surface area (Å²) >= 11 is 3.38. The van der Waals surface area contributed by atoms with Gasteiger partial charge in [-0.3, -0.25) is 14.9 Å². The van der Waals surface area contributed by atoms with E-state index < -0.39 is 10.8 Å². The number of hydrogen-bond donors (Lipinski definition) is 1. The number of ketones is 1. The number of nitrogens with zero attached hydrogens (tertiary/aromatic N) is 1. The van der Waals surface area contributed by atoms with Gasteiger partial charge in [-0.15, -0.1) is 0 Å². The minimum absolute atomic E-state index is 0.0471. The molecule has 1 atom stereocenters. The van der Waals surface area contributed by atoms with Crippen LogP contribution < -0.4 is 5.73 Å². The van der Waals surface area contributed by atoms with Gasteiger partial charge in [0.25, 0.3) is 5.69 Å². The molecule has 2 N–H and O–H groups in total. The zero-order valence-electron chi connectivity index (χ0n) is 12.0. The fraction of sp³-hybridized carbons (Fsp3) is 0.118. The highest BCUT2D eigenvalue weighted by Crippen LogP contribution is 2.41. The Kier molecular flexibility index (Phi) is 4.00. The maximum Gasteiger partial charge on any atom is 0.273 e. The first-order valence-electron chi connectivity index (χ1n) is 7.01. The fourth-order valence-corrected chi connectivity index (χ4v) is 3.32. The lowest BCUT2D eigenvalue weighted by molar-refractivity contribution is -0.385. The van der Waals surface area contributed by atoms with Crippen LogP contribution in [-0.2, 0) is 4.79 Å². The third kappa shape index (κ3) is 2.77. The van der Waals surface area contributed by atoms with Gasteiger partial charge in [-0.2, -0.15) is 0 Å². The third-order valence-corrected chi connectivity index (χ3v) is 4.42. The second kappa shape index (κ2) is 5.96. The molecule has 1 unspecified atom stereocenters. The van der Waals surface area contributed by atoms with E-state index in [9.17, 15) is 14.9 Å². The molecule has 0 amide bonds. The van der Waals surface area contributed by atoms with Gasteiger partial charge in [-0.1, -0.05) is 46.3 Å². The standard InChI is InChI=1S/C17H13BrN2O3/c18-11-5-3-4-10(8-11)16-14(19)9-13(17(16)21)12-6-1-2-7-15(12)20(22)23/h1-8,13H,9,19H2. The first kappa shape index (κ1) is 15.4. The van der Waals surface area contributed by atoms with Crippen LogP contribution in [0, 0.1) is 10.1 Å². The second-order valence-electron chi connectivity index (χ2n) is 5.35. The topological polar surface area (TPSA) is 86.2 Å². The molecule has 0 fully saturated rings. The van der Waals surface area contributed by atoms with Crippen molar-refractivity contribution < 1.29 is 9.72 Å². The number of carbonyl (C=O) groups is 1. The first-order chi connectivity index (χ1) is 11.0. The van der Waals surface area contributed by atoms with E-state index in [1.807, 2.05) is 24.3 Å². The summed E-state index contributed by atoms with van der Waals surface area (Å²) in [6.07, 6.45) is 0.297. The number of benzene rings is 2. The van der Waals surface area contributed by atoms with Gasteiger partial charge in [-0.05, 0) is 17.7 Å². The average Bonchev–Trinajstić information content (AvgIpc) is 2.82. The zero-order valence-corrected chi connectivity index (χ0v) is 13.6. The van der Waals surface area contributed by atoms with Gasteiger partial charge in [0.2, 0.25) is 0 Å². The molecule has 0 aliphatic heterocycles. The summed E-state index contributed by atoms with van der Waals surface area (Å²) in [5.41, 5.74) is 8.09. The molecule has 23 heavy (non-hydrogen) atoms. The molecule has 0 saturated carbocycles. The van der Waals surface area contributed by atoms with Crippen LogP contribution in [0.25, 0.3) is 5.57 Å². The smallest absolute Gasteiger partial charge is 0.273 e. The lowest BCUT2D eigenvalue weighted by Gasteiger charge is -2.10. The van der Waals surface area contributed by atoms with Crippen LogP contribution in [0.15, 0.2) is 58.7 Å². The van der Waals surface area contributed by atoms with Gasteiger partial charge in [0.05, 0.1) is 10.8 Å². The van der Waals surface area contributed by atoms with E-state index in [2.05, 4.69) is 15.9 Å². The molecule has 0 radical (unpaired) electrons. The Morgan fingerprint density at radius 2 is 1.91 bits per heavy atom. The van der Waals surface area contributed by atoms with Crippen molar-refractivity contribution in [2.24, 2.45) is 5.73 Å². The van der Waals surface area contributed by atoms with Crippen molar-refractivity contribution in [3.05, 3.63) is 79.9 Å². The molecule has 116 valence electrons. The van der Waals surface area contributed by atoms with Crippen molar-refractivity contribution in [3.63, 3.8) is 0 Å². The molecular formula is C17H13BrN2O3. The number of para-hydroxylation sites is 1. The number of nitro benzene ring substituents is 1. The summed E-state index contributed by atoms with van der Waals surface area (Å²) in [4.78, 5) is 23.6. The van der Waals surface area contributed by atoms with Crippen molar-refractivity contribution in [1.29, 1.82) is 0 Å². The summed E-state index contributed by atoms with van der Waals surface area (Å²) in [6.45, 7) is 0. The molecule has 2 aromatic carbocycles. The zero-order chi connectivity index (χ0) is 16.6. The van der Waals surface area contributed by atoms with E-state index in [0.29, 0.717) is 23.3 Å². The number of allylic oxidation sites excluding steroid dienone is 2. The SMILES string of the molecule is NC1=C(c2cccc(Br)c2)C(=O)C(c2ccccc2[N+](=O)[O-])C1. The van der Waals surface area contributed by atoms with Crippen molar-refractivity contribution in [2.75, 3.05) is 0 Å². The first-order valence-corrected chi connectivity index (χ1v) is 7.80. The minimum atomic E-state index is -0.606. The van der Waals surface area contributed by atoms with Gasteiger partial charge in [0.15, 0.2) is 5.78 Å². The van der Waals surface area contributed by atoms with Crippen LogP contribution in [0.3, 0.4) is 0 Å². The van der Waals surface area contributed by atoms with Gasteiger partial charge >= 0.3 is 0 Å².